The summed E-state index contributed by atoms with van der Waals surface area (Å²) in [7, 11) is 0. The molecular weight excluding hydrogens is 332 g/mol. The molecule has 0 bridgehead atoms. The van der Waals surface area contributed by atoms with Gasteiger partial charge < -0.3 is 0 Å². The molecule has 0 saturated carbocycles. The molecule has 0 fully saturated rings. The fraction of sp³-hybridized carbons (Fsp3) is 0.120. The Hall–Kier alpha value is -3.26. The Kier molecular flexibility index (Phi) is 4.80. The average molecular weight is 352 g/mol. The third-order valence-corrected chi connectivity index (χ3v) is 4.82. The Morgan fingerprint density at radius 1 is 0.519 bits per heavy atom. The summed E-state index contributed by atoms with van der Waals surface area (Å²) in [5.74, 6) is -0.0628. The van der Waals surface area contributed by atoms with Crippen LogP contribution in [0.5, 0.6) is 0 Å². The zero-order valence-corrected chi connectivity index (χ0v) is 15.0. The summed E-state index contributed by atoms with van der Waals surface area (Å²) in [6.45, 7) is 0. The van der Waals surface area contributed by atoms with E-state index in [0.717, 1.165) is 32.7 Å². The lowest BCUT2D eigenvalue weighted by Gasteiger charge is -2.05. The summed E-state index contributed by atoms with van der Waals surface area (Å²) in [5, 5.41) is 4.54. The van der Waals surface area contributed by atoms with Crippen LogP contribution in [0, 0.1) is 0 Å². The van der Waals surface area contributed by atoms with Gasteiger partial charge in [0.1, 0.15) is 11.6 Å². The van der Waals surface area contributed by atoms with Crippen LogP contribution >= 0.6 is 0 Å². The molecule has 0 amide bonds. The third kappa shape index (κ3) is 4.12. The van der Waals surface area contributed by atoms with Crippen LogP contribution < -0.4 is 0 Å². The second-order valence-corrected chi connectivity index (χ2v) is 6.97. The van der Waals surface area contributed by atoms with Gasteiger partial charge in [-0.25, -0.2) is 0 Å². The van der Waals surface area contributed by atoms with E-state index in [9.17, 15) is 9.59 Å². The van der Waals surface area contributed by atoms with Gasteiger partial charge in [0.05, 0.1) is 6.42 Å². The molecule has 0 aliphatic carbocycles. The fourth-order valence-corrected chi connectivity index (χ4v) is 3.50. The Balaban J connectivity index is 1.39. The van der Waals surface area contributed by atoms with Crippen molar-refractivity contribution in [1.29, 1.82) is 0 Å². The number of rotatable bonds is 6. The molecule has 0 heterocycles. The van der Waals surface area contributed by atoms with Crippen molar-refractivity contribution in [2.45, 2.75) is 19.3 Å². The Labute approximate surface area is 158 Å². The average Bonchev–Trinajstić information content (AvgIpc) is 2.67. The SMILES string of the molecule is O=C(CC(=O)Cc1ccc2ccccc2c1)Cc1ccc2ccccc2c1. The van der Waals surface area contributed by atoms with Crippen LogP contribution in [0.3, 0.4) is 0 Å². The van der Waals surface area contributed by atoms with Gasteiger partial charge in [-0.15, -0.1) is 0 Å². The number of carbonyl (C=O) groups is 2. The van der Waals surface area contributed by atoms with Gasteiger partial charge in [-0.3, -0.25) is 9.59 Å². The molecule has 132 valence electrons. The van der Waals surface area contributed by atoms with Gasteiger partial charge in [0.25, 0.3) is 0 Å². The molecule has 0 aromatic heterocycles. The smallest absolute Gasteiger partial charge is 0.144 e. The molecule has 0 spiro atoms. The number of benzene rings is 4. The van der Waals surface area contributed by atoms with Crippen molar-refractivity contribution >= 4 is 33.1 Å². The third-order valence-electron chi connectivity index (χ3n) is 4.82. The van der Waals surface area contributed by atoms with Crippen LogP contribution in [0.1, 0.15) is 17.5 Å². The van der Waals surface area contributed by atoms with Crippen molar-refractivity contribution in [2.24, 2.45) is 0 Å². The van der Waals surface area contributed by atoms with Crippen LogP contribution in [0.4, 0.5) is 0 Å². The molecule has 0 unspecified atom stereocenters. The molecular formula is C25H20O2. The largest absolute Gasteiger partial charge is 0.299 e. The number of ketones is 2. The number of carbonyl (C=O) groups excluding carboxylic acids is 2. The van der Waals surface area contributed by atoms with Crippen LogP contribution in [-0.2, 0) is 22.4 Å². The minimum atomic E-state index is -0.0314. The lowest BCUT2D eigenvalue weighted by atomic mass is 9.98. The summed E-state index contributed by atoms with van der Waals surface area (Å²) >= 11 is 0. The van der Waals surface area contributed by atoms with E-state index < -0.39 is 0 Å². The zero-order valence-electron chi connectivity index (χ0n) is 15.0. The molecule has 0 radical (unpaired) electrons. The molecule has 0 aliphatic rings. The summed E-state index contributed by atoms with van der Waals surface area (Å²) in [6, 6.07) is 28.2. The quantitative estimate of drug-likeness (QED) is 0.441. The Morgan fingerprint density at radius 3 is 1.37 bits per heavy atom. The van der Waals surface area contributed by atoms with E-state index in [1.807, 2.05) is 84.9 Å². The van der Waals surface area contributed by atoms with E-state index in [4.69, 9.17) is 0 Å². The first kappa shape index (κ1) is 17.2. The van der Waals surface area contributed by atoms with Gasteiger partial charge in [0.2, 0.25) is 0 Å². The van der Waals surface area contributed by atoms with Crippen LogP contribution in [0.25, 0.3) is 21.5 Å². The molecule has 0 atom stereocenters. The van der Waals surface area contributed by atoms with Crippen LogP contribution in [-0.4, -0.2) is 11.6 Å². The highest BCUT2D eigenvalue weighted by Crippen LogP contribution is 2.18. The van der Waals surface area contributed by atoms with Gasteiger partial charge in [-0.1, -0.05) is 84.9 Å². The highest BCUT2D eigenvalue weighted by molar-refractivity contribution is 6.01. The second-order valence-electron chi connectivity index (χ2n) is 6.97. The molecule has 2 nitrogen and oxygen atoms in total. The summed E-state index contributed by atoms with van der Waals surface area (Å²) in [5.41, 5.74) is 1.91. The van der Waals surface area contributed by atoms with E-state index in [0.29, 0.717) is 12.8 Å². The number of fused-ring (bicyclic) bond motifs is 2. The first-order chi connectivity index (χ1) is 13.2. The highest BCUT2D eigenvalue weighted by atomic mass is 16.1. The monoisotopic (exact) mass is 352 g/mol. The predicted molar refractivity (Wildman–Crippen MR) is 110 cm³/mol. The van der Waals surface area contributed by atoms with Crippen molar-refractivity contribution in [3.8, 4) is 0 Å². The molecule has 4 aromatic carbocycles. The second kappa shape index (κ2) is 7.55. The molecule has 4 rings (SSSR count). The topological polar surface area (TPSA) is 34.1 Å². The first-order valence-electron chi connectivity index (χ1n) is 9.16. The summed E-state index contributed by atoms with van der Waals surface area (Å²) < 4.78 is 0. The molecule has 2 heteroatoms. The van der Waals surface area contributed by atoms with Crippen molar-refractivity contribution in [1.82, 2.24) is 0 Å². The van der Waals surface area contributed by atoms with Crippen LogP contribution in [0.2, 0.25) is 0 Å². The molecule has 27 heavy (non-hydrogen) atoms. The molecule has 0 aliphatic heterocycles. The van der Waals surface area contributed by atoms with E-state index in [2.05, 4.69) is 0 Å². The molecule has 0 N–H and O–H groups in total. The fourth-order valence-electron chi connectivity index (χ4n) is 3.50. The highest BCUT2D eigenvalue weighted by Gasteiger charge is 2.12. The maximum atomic E-state index is 12.3. The van der Waals surface area contributed by atoms with Gasteiger partial charge in [0.15, 0.2) is 0 Å². The zero-order chi connectivity index (χ0) is 18.6. The van der Waals surface area contributed by atoms with Crippen molar-refractivity contribution in [3.05, 3.63) is 96.1 Å². The summed E-state index contributed by atoms with van der Waals surface area (Å²) in [6.07, 6.45) is 0.586. The molecule has 4 aromatic rings. The van der Waals surface area contributed by atoms with E-state index >= 15 is 0 Å². The lowest BCUT2D eigenvalue weighted by Crippen LogP contribution is -2.12. The van der Waals surface area contributed by atoms with Gasteiger partial charge in [-0.05, 0) is 32.7 Å². The Bertz CT molecular complexity index is 1050. The number of hydrogen-bond donors (Lipinski definition) is 0. The number of Topliss-reactive ketones (excluding diaryl/α,β-unsaturated/α-hetero) is 2. The van der Waals surface area contributed by atoms with E-state index in [1.54, 1.807) is 0 Å². The Morgan fingerprint density at radius 2 is 0.926 bits per heavy atom. The van der Waals surface area contributed by atoms with Crippen LogP contribution in [0.15, 0.2) is 84.9 Å². The summed E-state index contributed by atoms with van der Waals surface area (Å²) in [4.78, 5) is 24.7. The minimum absolute atomic E-state index is 0.0142. The van der Waals surface area contributed by atoms with Crippen molar-refractivity contribution in [3.63, 3.8) is 0 Å². The van der Waals surface area contributed by atoms with Gasteiger partial charge in [-0.2, -0.15) is 0 Å². The number of hydrogen-bond acceptors (Lipinski definition) is 2. The first-order valence-corrected chi connectivity index (χ1v) is 9.16. The molecule has 0 saturated heterocycles. The predicted octanol–water partition coefficient (Wildman–Crippen LogP) is 5.31. The van der Waals surface area contributed by atoms with E-state index in [1.165, 1.54) is 0 Å². The van der Waals surface area contributed by atoms with Gasteiger partial charge >= 0.3 is 0 Å². The maximum absolute atomic E-state index is 12.3. The van der Waals surface area contributed by atoms with Crippen molar-refractivity contribution < 1.29 is 9.59 Å². The van der Waals surface area contributed by atoms with E-state index in [-0.39, 0.29) is 18.0 Å². The maximum Gasteiger partial charge on any atom is 0.144 e. The standard InChI is InChI=1S/C25H20O2/c26-24(15-18-9-11-20-5-1-3-7-22(20)13-18)17-25(27)16-19-10-12-21-6-2-4-8-23(21)14-19/h1-14H,15-17H2. The van der Waals surface area contributed by atoms with Gasteiger partial charge in [0, 0.05) is 12.8 Å². The normalized spacial score (nSPS) is 11.0. The lowest BCUT2D eigenvalue weighted by molar-refractivity contribution is -0.126. The minimum Gasteiger partial charge on any atom is -0.299 e. The van der Waals surface area contributed by atoms with Crippen molar-refractivity contribution in [2.75, 3.05) is 0 Å².